The number of carbonyl (C=O) groups is 3. The van der Waals surface area contributed by atoms with Crippen molar-refractivity contribution in [1.29, 1.82) is 0 Å². The first-order valence-electron chi connectivity index (χ1n) is 12.7. The summed E-state index contributed by atoms with van der Waals surface area (Å²) < 4.78 is 13.3. The Bertz CT molecular complexity index is 1700. The second kappa shape index (κ2) is 10.5. The normalized spacial score (nSPS) is 14.2. The number of anilines is 2. The molecule has 2 aromatic carbocycles. The van der Waals surface area contributed by atoms with Crippen LogP contribution in [0, 0.1) is 33.5 Å². The maximum absolute atomic E-state index is 13.3. The molecular weight excluding hydrogens is 529 g/mol. The Morgan fingerprint density at radius 1 is 1.05 bits per heavy atom. The van der Waals surface area contributed by atoms with E-state index in [0.29, 0.717) is 39.5 Å². The van der Waals surface area contributed by atoms with Gasteiger partial charge >= 0.3 is 0 Å². The van der Waals surface area contributed by atoms with E-state index in [1.807, 2.05) is 34.6 Å². The Morgan fingerprint density at radius 3 is 2.45 bits per heavy atom. The number of hydrogen-bond acceptors (Lipinski definition) is 5. The summed E-state index contributed by atoms with van der Waals surface area (Å²) in [7, 11) is 0. The highest BCUT2D eigenvalue weighted by atomic mass is 32.1. The van der Waals surface area contributed by atoms with E-state index in [1.165, 1.54) is 23.5 Å². The van der Waals surface area contributed by atoms with Gasteiger partial charge < -0.3 is 20.9 Å². The fourth-order valence-electron chi connectivity index (χ4n) is 4.75. The molecule has 1 aliphatic rings. The number of nitrogens with one attached hydrogen (secondary N) is 4. The molecule has 0 saturated carbocycles. The summed E-state index contributed by atoms with van der Waals surface area (Å²) in [4.78, 5) is 47.3. The number of carbonyl (C=O) groups excluding carboxylic acids is 3. The number of aromatic amines is 1. The number of nitrogens with zero attached hydrogens (tertiary/aromatic N) is 1. The van der Waals surface area contributed by atoms with E-state index >= 15 is 0 Å². The molecule has 0 bridgehead atoms. The molecule has 5 rings (SSSR count). The lowest BCUT2D eigenvalue weighted by molar-refractivity contribution is -0.110. The van der Waals surface area contributed by atoms with E-state index in [9.17, 15) is 18.8 Å². The van der Waals surface area contributed by atoms with Crippen LogP contribution in [0.5, 0.6) is 0 Å². The molecule has 4 aromatic rings. The molecule has 2 aromatic heterocycles. The van der Waals surface area contributed by atoms with Crippen molar-refractivity contribution in [3.63, 3.8) is 0 Å². The number of halogens is 1. The predicted octanol–water partition coefficient (Wildman–Crippen LogP) is 6.08. The molecule has 10 heteroatoms. The molecule has 0 radical (unpaired) electrons. The fraction of sp³-hybridized carbons (Fsp3) is 0.200. The van der Waals surface area contributed by atoms with E-state index in [-0.39, 0.29) is 29.6 Å². The van der Waals surface area contributed by atoms with E-state index < -0.39 is 0 Å². The van der Waals surface area contributed by atoms with Crippen molar-refractivity contribution in [3.05, 3.63) is 97.5 Å². The molecule has 3 amide bonds. The molecule has 40 heavy (non-hydrogen) atoms. The molecule has 4 N–H and O–H groups in total. The summed E-state index contributed by atoms with van der Waals surface area (Å²) in [6.07, 6.45) is 1.72. The quantitative estimate of drug-likeness (QED) is 0.215. The summed E-state index contributed by atoms with van der Waals surface area (Å²) in [6.45, 7) is 9.24. The van der Waals surface area contributed by atoms with Crippen LogP contribution < -0.4 is 16.0 Å². The van der Waals surface area contributed by atoms with Crippen LogP contribution >= 0.6 is 11.3 Å². The SMILES string of the molecule is Cc1nc(C(=O)Nc2c(C)[nH]c(/C=C3\C(=O)Nc4ccc(C(=O)NC(C)c5ccc(F)cc5)cc43)c2C)c(C)s1. The van der Waals surface area contributed by atoms with Crippen LogP contribution in [0.15, 0.2) is 42.5 Å². The molecule has 0 fully saturated rings. The fourth-order valence-corrected chi connectivity index (χ4v) is 5.57. The smallest absolute Gasteiger partial charge is 0.275 e. The third-order valence-electron chi connectivity index (χ3n) is 6.90. The first-order valence-corrected chi connectivity index (χ1v) is 13.5. The minimum absolute atomic E-state index is 0.291. The van der Waals surface area contributed by atoms with Gasteiger partial charge in [-0.05, 0) is 82.2 Å². The van der Waals surface area contributed by atoms with Crippen LogP contribution in [0.1, 0.15) is 71.8 Å². The van der Waals surface area contributed by atoms with E-state index in [4.69, 9.17) is 0 Å². The van der Waals surface area contributed by atoms with Crippen LogP contribution in [0.4, 0.5) is 15.8 Å². The van der Waals surface area contributed by atoms with Crippen LogP contribution in [-0.2, 0) is 4.79 Å². The van der Waals surface area contributed by atoms with Crippen molar-refractivity contribution in [1.82, 2.24) is 15.3 Å². The van der Waals surface area contributed by atoms with E-state index in [2.05, 4.69) is 25.9 Å². The van der Waals surface area contributed by atoms with Gasteiger partial charge in [-0.3, -0.25) is 14.4 Å². The highest BCUT2D eigenvalue weighted by Crippen LogP contribution is 2.36. The van der Waals surface area contributed by atoms with Gasteiger partial charge in [-0.25, -0.2) is 9.37 Å². The number of rotatable bonds is 6. The van der Waals surface area contributed by atoms with Gasteiger partial charge in [0.15, 0.2) is 0 Å². The molecule has 8 nitrogen and oxygen atoms in total. The van der Waals surface area contributed by atoms with Gasteiger partial charge in [0.1, 0.15) is 11.5 Å². The Balaban J connectivity index is 1.40. The first kappa shape index (κ1) is 27.0. The number of amides is 3. The number of aromatic nitrogens is 2. The van der Waals surface area contributed by atoms with Crippen LogP contribution in [0.25, 0.3) is 11.6 Å². The Morgan fingerprint density at radius 2 is 1.77 bits per heavy atom. The molecular formula is C30H28FN5O3S. The van der Waals surface area contributed by atoms with Crippen LogP contribution in [0.2, 0.25) is 0 Å². The molecule has 0 spiro atoms. The molecule has 0 aliphatic carbocycles. The van der Waals surface area contributed by atoms with Gasteiger partial charge in [0.05, 0.1) is 22.3 Å². The van der Waals surface area contributed by atoms with Crippen LogP contribution in [0.3, 0.4) is 0 Å². The van der Waals surface area contributed by atoms with Gasteiger partial charge in [0.25, 0.3) is 17.7 Å². The second-order valence-corrected chi connectivity index (χ2v) is 11.2. The predicted molar refractivity (Wildman–Crippen MR) is 155 cm³/mol. The van der Waals surface area contributed by atoms with Gasteiger partial charge in [0, 0.05) is 33.1 Å². The minimum atomic E-state index is -0.343. The average molecular weight is 558 g/mol. The lowest BCUT2D eigenvalue weighted by atomic mass is 10.0. The van der Waals surface area contributed by atoms with Gasteiger partial charge in [-0.1, -0.05) is 12.1 Å². The average Bonchev–Trinajstić information content (AvgIpc) is 3.51. The number of fused-ring (bicyclic) bond motifs is 1. The highest BCUT2D eigenvalue weighted by Gasteiger charge is 2.27. The standard InChI is InChI=1S/C30H28FN5O3S/c1-14-25(32-16(3)26(14)36-30(39)27-17(4)40-18(5)34-27)13-23-22-12-20(8-11-24(22)35-29(23)38)28(37)33-15(2)19-6-9-21(31)10-7-19/h6-13,15,32H,1-5H3,(H,33,37)(H,35,38)(H,36,39)/b23-13-. The molecule has 1 atom stereocenters. The van der Waals surface area contributed by atoms with Crippen molar-refractivity contribution in [2.75, 3.05) is 10.6 Å². The number of aryl methyl sites for hydroxylation is 3. The van der Waals surface area contributed by atoms with Gasteiger partial charge in [-0.15, -0.1) is 11.3 Å². The molecule has 0 saturated heterocycles. The van der Waals surface area contributed by atoms with Crippen molar-refractivity contribution >= 4 is 52.1 Å². The maximum atomic E-state index is 13.3. The molecule has 204 valence electrons. The Labute approximate surface area is 234 Å². The first-order chi connectivity index (χ1) is 19.0. The summed E-state index contributed by atoms with van der Waals surface area (Å²) in [5.41, 5.74) is 5.94. The maximum Gasteiger partial charge on any atom is 0.275 e. The largest absolute Gasteiger partial charge is 0.357 e. The number of hydrogen-bond donors (Lipinski definition) is 4. The minimum Gasteiger partial charge on any atom is -0.357 e. The van der Waals surface area contributed by atoms with Gasteiger partial charge in [0.2, 0.25) is 0 Å². The lowest BCUT2D eigenvalue weighted by Crippen LogP contribution is -2.26. The summed E-state index contributed by atoms with van der Waals surface area (Å²) in [6, 6.07) is 10.6. The number of thiazole rings is 1. The molecule has 1 aliphatic heterocycles. The third kappa shape index (κ3) is 5.17. The van der Waals surface area contributed by atoms with Gasteiger partial charge in [-0.2, -0.15) is 0 Å². The Hall–Kier alpha value is -4.57. The van der Waals surface area contributed by atoms with Crippen molar-refractivity contribution in [2.45, 2.75) is 40.7 Å². The summed E-state index contributed by atoms with van der Waals surface area (Å²) in [5.74, 6) is -1.24. The van der Waals surface area contributed by atoms with E-state index in [0.717, 1.165) is 26.7 Å². The third-order valence-corrected chi connectivity index (χ3v) is 7.79. The second-order valence-electron chi connectivity index (χ2n) is 9.77. The van der Waals surface area contributed by atoms with Crippen LogP contribution in [-0.4, -0.2) is 27.7 Å². The lowest BCUT2D eigenvalue weighted by Gasteiger charge is -2.15. The summed E-state index contributed by atoms with van der Waals surface area (Å²) in [5, 5.41) is 9.54. The van der Waals surface area contributed by atoms with E-state index in [1.54, 1.807) is 36.4 Å². The number of benzene rings is 2. The summed E-state index contributed by atoms with van der Waals surface area (Å²) >= 11 is 1.47. The zero-order chi connectivity index (χ0) is 28.7. The Kier molecular flexibility index (Phi) is 7.12. The zero-order valence-corrected chi connectivity index (χ0v) is 23.5. The zero-order valence-electron chi connectivity index (χ0n) is 22.7. The monoisotopic (exact) mass is 557 g/mol. The topological polar surface area (TPSA) is 116 Å². The number of H-pyrrole nitrogens is 1. The highest BCUT2D eigenvalue weighted by molar-refractivity contribution is 7.11. The molecule has 3 heterocycles. The van der Waals surface area contributed by atoms with Crippen molar-refractivity contribution < 1.29 is 18.8 Å². The van der Waals surface area contributed by atoms with Crippen molar-refractivity contribution in [2.24, 2.45) is 0 Å². The molecule has 1 unspecified atom stereocenters. The van der Waals surface area contributed by atoms with Crippen molar-refractivity contribution in [3.8, 4) is 0 Å².